The molecule has 0 unspecified atom stereocenters. The molecule has 0 saturated heterocycles. The average molecular weight is 467 g/mol. The molecule has 0 radical (unpaired) electrons. The van der Waals surface area contributed by atoms with Crippen LogP contribution in [0.5, 0.6) is 0 Å². The summed E-state index contributed by atoms with van der Waals surface area (Å²) < 4.78 is 0. The van der Waals surface area contributed by atoms with Gasteiger partial charge in [0.15, 0.2) is 0 Å². The Morgan fingerprint density at radius 2 is 1.10 bits per heavy atom. The summed E-state index contributed by atoms with van der Waals surface area (Å²) in [6.07, 6.45) is 10.4. The van der Waals surface area contributed by atoms with E-state index in [0.717, 1.165) is 19.7 Å². The summed E-state index contributed by atoms with van der Waals surface area (Å²) >= 11 is 0. The van der Waals surface area contributed by atoms with E-state index in [9.17, 15) is 0 Å². The fourth-order valence-corrected chi connectivity index (χ4v) is 4.11. The number of terminal acetylenes is 2. The van der Waals surface area contributed by atoms with Crippen molar-refractivity contribution >= 4 is 8.58 Å². The van der Waals surface area contributed by atoms with Crippen LogP contribution in [0, 0.1) is 24.7 Å². The Kier molecular flexibility index (Phi) is 10.2. The minimum Gasteiger partial charge on any atom is -0.115 e. The molecule has 1 rings (SSSR count). The molecule has 0 aliphatic rings. The topological polar surface area (TPSA) is 0 Å². The predicted molar refractivity (Wildman–Crippen MR) is 90.1 cm³/mol. The summed E-state index contributed by atoms with van der Waals surface area (Å²) in [4.78, 5) is 0. The first kappa shape index (κ1) is 21.8. The second kappa shape index (κ2) is 9.40. The summed E-state index contributed by atoms with van der Waals surface area (Å²) in [5, 5.41) is 1.02. The minimum absolute atomic E-state index is 0. The summed E-state index contributed by atoms with van der Waals surface area (Å²) in [6.45, 7) is 13.8. The minimum atomic E-state index is 0. The molecular weight excluding hydrogens is 442 g/mol. The second-order valence-corrected chi connectivity index (χ2v) is 9.71. The smallest absolute Gasteiger partial charge is 0.0399 e. The Bertz CT molecular complexity index is 431. The standard InChI is InChI=1S/C10H6.C8H19P.Pt/c1-3-9-7-5-6-8-10(9)4-2;1-7(2,3)9-8(4,5)6;/h1-2,5-8H;9H,1-6H3;. The van der Waals surface area contributed by atoms with Crippen LogP contribution in [0.2, 0.25) is 0 Å². The normalized spacial score (nSPS) is 10.2. The average Bonchev–Trinajstić information content (AvgIpc) is 2.24. The van der Waals surface area contributed by atoms with Gasteiger partial charge in [0, 0.05) is 32.2 Å². The van der Waals surface area contributed by atoms with Crippen LogP contribution in [0.1, 0.15) is 52.7 Å². The molecule has 0 fully saturated rings. The van der Waals surface area contributed by atoms with Crippen molar-refractivity contribution in [2.24, 2.45) is 0 Å². The van der Waals surface area contributed by atoms with Gasteiger partial charge in [-0.3, -0.25) is 0 Å². The van der Waals surface area contributed by atoms with E-state index in [4.69, 9.17) is 12.8 Å². The summed E-state index contributed by atoms with van der Waals surface area (Å²) in [6, 6.07) is 7.40. The van der Waals surface area contributed by atoms with Gasteiger partial charge in [-0.2, -0.15) is 0 Å². The quantitative estimate of drug-likeness (QED) is 0.376. The van der Waals surface area contributed by atoms with Gasteiger partial charge in [0.2, 0.25) is 0 Å². The molecule has 0 spiro atoms. The number of hydrogen-bond acceptors (Lipinski definition) is 0. The Labute approximate surface area is 141 Å². The van der Waals surface area contributed by atoms with Crippen LogP contribution >= 0.6 is 8.58 Å². The third-order valence-corrected chi connectivity index (χ3v) is 3.49. The molecule has 2 heteroatoms. The van der Waals surface area contributed by atoms with Gasteiger partial charge in [-0.15, -0.1) is 21.4 Å². The van der Waals surface area contributed by atoms with Crippen molar-refractivity contribution in [2.45, 2.75) is 51.9 Å². The molecule has 0 bridgehead atoms. The van der Waals surface area contributed by atoms with E-state index >= 15 is 0 Å². The fourth-order valence-electron chi connectivity index (χ4n) is 1.86. The Balaban J connectivity index is 0. The van der Waals surface area contributed by atoms with Crippen molar-refractivity contribution < 1.29 is 21.1 Å². The molecule has 0 aliphatic carbocycles. The van der Waals surface area contributed by atoms with Crippen molar-refractivity contribution in [2.75, 3.05) is 0 Å². The third kappa shape index (κ3) is 11.3. The van der Waals surface area contributed by atoms with Crippen molar-refractivity contribution in [3.05, 3.63) is 35.4 Å². The van der Waals surface area contributed by atoms with E-state index in [0.29, 0.717) is 10.3 Å². The second-order valence-electron chi connectivity index (χ2n) is 6.46. The molecular formula is C18H25PPt. The van der Waals surface area contributed by atoms with E-state index < -0.39 is 0 Å². The van der Waals surface area contributed by atoms with Gasteiger partial charge in [-0.05, 0) is 22.4 Å². The molecule has 112 valence electrons. The van der Waals surface area contributed by atoms with Gasteiger partial charge in [-0.25, -0.2) is 0 Å². The Morgan fingerprint density at radius 1 is 0.800 bits per heavy atom. The van der Waals surface area contributed by atoms with Crippen LogP contribution in [0.4, 0.5) is 0 Å². The van der Waals surface area contributed by atoms with Crippen LogP contribution in [0.3, 0.4) is 0 Å². The van der Waals surface area contributed by atoms with Crippen molar-refractivity contribution in [1.29, 1.82) is 0 Å². The van der Waals surface area contributed by atoms with Crippen molar-refractivity contribution in [3.8, 4) is 24.7 Å². The van der Waals surface area contributed by atoms with Crippen molar-refractivity contribution in [3.63, 3.8) is 0 Å². The Hall–Kier alpha value is -0.542. The van der Waals surface area contributed by atoms with Crippen LogP contribution in [0.15, 0.2) is 24.3 Å². The van der Waals surface area contributed by atoms with Gasteiger partial charge in [0.1, 0.15) is 0 Å². The molecule has 20 heavy (non-hydrogen) atoms. The van der Waals surface area contributed by atoms with E-state index in [1.165, 1.54) is 0 Å². The monoisotopic (exact) mass is 467 g/mol. The zero-order valence-corrected chi connectivity index (χ0v) is 16.6. The third-order valence-electron chi connectivity index (χ3n) is 1.99. The number of rotatable bonds is 0. The molecule has 0 aliphatic heterocycles. The number of benzene rings is 1. The molecule has 0 aromatic heterocycles. The summed E-state index contributed by atoms with van der Waals surface area (Å²) in [5.41, 5.74) is 1.56. The van der Waals surface area contributed by atoms with E-state index in [-0.39, 0.29) is 21.1 Å². The largest absolute Gasteiger partial charge is 0.115 e. The van der Waals surface area contributed by atoms with Gasteiger partial charge in [0.05, 0.1) is 0 Å². The molecule has 0 amide bonds. The van der Waals surface area contributed by atoms with Gasteiger partial charge in [-0.1, -0.05) is 65.5 Å². The molecule has 1 aromatic rings. The first-order valence-electron chi connectivity index (χ1n) is 6.40. The molecule has 0 saturated carbocycles. The predicted octanol–water partition coefficient (Wildman–Crippen LogP) is 4.91. The Morgan fingerprint density at radius 3 is 1.25 bits per heavy atom. The van der Waals surface area contributed by atoms with Crippen molar-refractivity contribution in [1.82, 2.24) is 0 Å². The molecule has 1 aromatic carbocycles. The first-order valence-corrected chi connectivity index (χ1v) is 7.40. The molecule has 0 atom stereocenters. The first-order chi connectivity index (χ1) is 8.59. The molecule has 0 N–H and O–H groups in total. The summed E-state index contributed by atoms with van der Waals surface area (Å²) in [5.74, 6) is 5.01. The van der Waals surface area contributed by atoms with Crippen LogP contribution in [-0.4, -0.2) is 10.3 Å². The van der Waals surface area contributed by atoms with Gasteiger partial charge >= 0.3 is 0 Å². The SMILES string of the molecule is C#Cc1ccccc1C#C.CC(C)(C)PC(C)(C)C.[Pt]. The zero-order valence-electron chi connectivity index (χ0n) is 13.3. The van der Waals surface area contributed by atoms with Crippen LogP contribution in [-0.2, 0) is 21.1 Å². The molecule has 0 heterocycles. The van der Waals surface area contributed by atoms with E-state index in [1.54, 1.807) is 0 Å². The van der Waals surface area contributed by atoms with Gasteiger partial charge in [0.25, 0.3) is 0 Å². The zero-order chi connectivity index (χ0) is 15.1. The van der Waals surface area contributed by atoms with E-state index in [1.807, 2.05) is 24.3 Å². The van der Waals surface area contributed by atoms with Crippen LogP contribution < -0.4 is 0 Å². The maximum absolute atomic E-state index is 5.18. The van der Waals surface area contributed by atoms with Crippen LogP contribution in [0.25, 0.3) is 0 Å². The molecule has 0 nitrogen and oxygen atoms in total. The maximum Gasteiger partial charge on any atom is 0.0399 e. The van der Waals surface area contributed by atoms with E-state index in [2.05, 4.69) is 53.4 Å². The number of hydrogen-bond donors (Lipinski definition) is 0. The van der Waals surface area contributed by atoms with Gasteiger partial charge < -0.3 is 0 Å². The maximum atomic E-state index is 5.18. The summed E-state index contributed by atoms with van der Waals surface area (Å²) in [7, 11) is 1.05. The fraction of sp³-hybridized carbons (Fsp3) is 0.444.